The minimum absolute atomic E-state index is 0. The van der Waals surface area contributed by atoms with Crippen LogP contribution in [0, 0.1) is 17.8 Å². The van der Waals surface area contributed by atoms with Gasteiger partial charge >= 0.3 is 0 Å². The molecule has 2 aliphatic carbocycles. The Morgan fingerprint density at radius 1 is 1.06 bits per heavy atom. The topological polar surface area (TPSA) is 32.3 Å². The Bertz CT molecular complexity index is 284. The summed E-state index contributed by atoms with van der Waals surface area (Å²) in [7, 11) is 2.06. The van der Waals surface area contributed by atoms with Crippen molar-refractivity contribution in [2.45, 2.75) is 44.6 Å². The highest BCUT2D eigenvalue weighted by Gasteiger charge is 2.45. The van der Waals surface area contributed by atoms with Gasteiger partial charge in [0, 0.05) is 19.0 Å². The van der Waals surface area contributed by atoms with Crippen LogP contribution in [0.4, 0.5) is 0 Å². The van der Waals surface area contributed by atoms with Gasteiger partial charge in [0.05, 0.1) is 0 Å². The largest absolute Gasteiger partial charge is 0.342 e. The van der Waals surface area contributed by atoms with Crippen molar-refractivity contribution in [3.05, 3.63) is 0 Å². The molecule has 1 aliphatic heterocycles. The number of rotatable bonds is 4. The molecule has 0 radical (unpaired) electrons. The van der Waals surface area contributed by atoms with E-state index in [1.165, 1.54) is 25.7 Å². The minimum atomic E-state index is 0. The van der Waals surface area contributed by atoms with E-state index in [-0.39, 0.29) is 12.4 Å². The number of hydrogen-bond acceptors (Lipinski definition) is 2. The summed E-state index contributed by atoms with van der Waals surface area (Å²) in [4.78, 5) is 14.6. The van der Waals surface area contributed by atoms with Crippen LogP contribution in [0.3, 0.4) is 0 Å². The molecule has 104 valence electrons. The van der Waals surface area contributed by atoms with Crippen molar-refractivity contribution in [2.75, 3.05) is 20.1 Å². The summed E-state index contributed by atoms with van der Waals surface area (Å²) in [5.41, 5.74) is 0. The van der Waals surface area contributed by atoms with Crippen LogP contribution in [0.2, 0.25) is 0 Å². The third-order valence-corrected chi connectivity index (χ3v) is 4.69. The summed E-state index contributed by atoms with van der Waals surface area (Å²) in [6.45, 7) is 2.03. The summed E-state index contributed by atoms with van der Waals surface area (Å²) in [6.07, 6.45) is 7.47. The number of hydrogen-bond donors (Lipinski definition) is 1. The summed E-state index contributed by atoms with van der Waals surface area (Å²) in [6, 6.07) is 0.581. The zero-order valence-electron chi connectivity index (χ0n) is 11.2. The lowest BCUT2D eigenvalue weighted by molar-refractivity contribution is -0.138. The fourth-order valence-corrected chi connectivity index (χ4v) is 3.40. The lowest BCUT2D eigenvalue weighted by Crippen LogP contribution is -2.45. The molecule has 0 bridgehead atoms. The van der Waals surface area contributed by atoms with Crippen LogP contribution in [0.15, 0.2) is 0 Å². The molecule has 0 atom stereocenters. The molecule has 0 aromatic heterocycles. The number of amides is 1. The highest BCUT2D eigenvalue weighted by molar-refractivity contribution is 5.85. The van der Waals surface area contributed by atoms with Crippen molar-refractivity contribution in [2.24, 2.45) is 17.8 Å². The van der Waals surface area contributed by atoms with Crippen molar-refractivity contribution in [3.63, 3.8) is 0 Å². The Kier molecular flexibility index (Phi) is 4.54. The quantitative estimate of drug-likeness (QED) is 0.850. The summed E-state index contributed by atoms with van der Waals surface area (Å²) < 4.78 is 0. The van der Waals surface area contributed by atoms with Crippen LogP contribution in [-0.4, -0.2) is 37.0 Å². The number of piperidine rings is 1. The Hall–Kier alpha value is -0.280. The maximum absolute atomic E-state index is 12.5. The van der Waals surface area contributed by atoms with Crippen LogP contribution in [0.25, 0.3) is 0 Å². The van der Waals surface area contributed by atoms with Gasteiger partial charge in [0.1, 0.15) is 0 Å². The molecule has 3 aliphatic rings. The van der Waals surface area contributed by atoms with Gasteiger partial charge in [-0.15, -0.1) is 12.4 Å². The molecular formula is C14H25ClN2O. The summed E-state index contributed by atoms with van der Waals surface area (Å²) in [5.74, 6) is 2.38. The zero-order chi connectivity index (χ0) is 11.8. The number of nitrogens with zero attached hydrogens (tertiary/aromatic N) is 1. The van der Waals surface area contributed by atoms with E-state index >= 15 is 0 Å². The van der Waals surface area contributed by atoms with Crippen molar-refractivity contribution in [1.29, 1.82) is 0 Å². The minimum Gasteiger partial charge on any atom is -0.342 e. The second kappa shape index (κ2) is 5.79. The van der Waals surface area contributed by atoms with E-state index in [0.717, 1.165) is 37.8 Å². The van der Waals surface area contributed by atoms with Gasteiger partial charge < -0.3 is 10.2 Å². The lowest BCUT2D eigenvalue weighted by Gasteiger charge is -2.33. The zero-order valence-corrected chi connectivity index (χ0v) is 12.0. The van der Waals surface area contributed by atoms with E-state index in [0.29, 0.717) is 17.9 Å². The molecular weight excluding hydrogens is 248 g/mol. The van der Waals surface area contributed by atoms with Crippen LogP contribution in [0.1, 0.15) is 38.5 Å². The average Bonchev–Trinajstić information content (AvgIpc) is 3.23. The van der Waals surface area contributed by atoms with Gasteiger partial charge in [-0.25, -0.2) is 0 Å². The molecule has 18 heavy (non-hydrogen) atoms. The Balaban J connectivity index is 0.00000120. The first-order valence-corrected chi connectivity index (χ1v) is 7.25. The molecule has 3 rings (SSSR count). The number of carbonyl (C=O) groups is 1. The van der Waals surface area contributed by atoms with Crippen LogP contribution in [0.5, 0.6) is 0 Å². The molecule has 2 saturated carbocycles. The maximum atomic E-state index is 12.5. The highest BCUT2D eigenvalue weighted by Crippen LogP contribution is 2.47. The standard InChI is InChI=1S/C14H24N2O.ClH/c1-16(13(10-2-3-10)11-4-5-11)14(17)12-6-8-15-9-7-12;/h10-13,15H,2-9H2,1H3;1H. The molecule has 1 amide bonds. The molecule has 3 nitrogen and oxygen atoms in total. The van der Waals surface area contributed by atoms with E-state index in [1.54, 1.807) is 0 Å². The van der Waals surface area contributed by atoms with Gasteiger partial charge in [-0.05, 0) is 63.5 Å². The van der Waals surface area contributed by atoms with Crippen LogP contribution in [-0.2, 0) is 4.79 Å². The molecule has 1 heterocycles. The first kappa shape index (κ1) is 14.1. The highest BCUT2D eigenvalue weighted by atomic mass is 35.5. The molecule has 0 spiro atoms. The van der Waals surface area contributed by atoms with E-state index < -0.39 is 0 Å². The number of carbonyl (C=O) groups excluding carboxylic acids is 1. The van der Waals surface area contributed by atoms with Gasteiger partial charge in [0.25, 0.3) is 0 Å². The maximum Gasteiger partial charge on any atom is 0.225 e. The molecule has 3 fully saturated rings. The molecule has 1 N–H and O–H groups in total. The normalized spacial score (nSPS) is 24.8. The Morgan fingerprint density at radius 2 is 1.56 bits per heavy atom. The average molecular weight is 273 g/mol. The fraction of sp³-hybridized carbons (Fsp3) is 0.929. The first-order chi connectivity index (χ1) is 8.27. The fourth-order valence-electron chi connectivity index (χ4n) is 3.40. The van der Waals surface area contributed by atoms with Crippen molar-refractivity contribution >= 4 is 18.3 Å². The second-order valence-corrected chi connectivity index (χ2v) is 6.14. The van der Waals surface area contributed by atoms with E-state index in [4.69, 9.17) is 0 Å². The first-order valence-electron chi connectivity index (χ1n) is 7.25. The lowest BCUT2D eigenvalue weighted by atomic mass is 9.95. The summed E-state index contributed by atoms with van der Waals surface area (Å²) in [5, 5.41) is 3.34. The number of halogens is 1. The van der Waals surface area contributed by atoms with Gasteiger partial charge in [-0.2, -0.15) is 0 Å². The SMILES string of the molecule is CN(C(=O)C1CCNCC1)C(C1CC1)C1CC1.Cl. The Morgan fingerprint density at radius 3 is 2.00 bits per heavy atom. The number of nitrogens with one attached hydrogen (secondary N) is 1. The molecule has 1 saturated heterocycles. The van der Waals surface area contributed by atoms with Gasteiger partial charge in [0.15, 0.2) is 0 Å². The van der Waals surface area contributed by atoms with Crippen LogP contribution < -0.4 is 5.32 Å². The van der Waals surface area contributed by atoms with Crippen molar-refractivity contribution in [1.82, 2.24) is 10.2 Å². The van der Waals surface area contributed by atoms with Gasteiger partial charge in [-0.1, -0.05) is 0 Å². The van der Waals surface area contributed by atoms with Crippen LogP contribution >= 0.6 is 12.4 Å². The third kappa shape index (κ3) is 3.00. The van der Waals surface area contributed by atoms with Gasteiger partial charge in [0.2, 0.25) is 5.91 Å². The molecule has 0 unspecified atom stereocenters. The molecule has 0 aromatic rings. The Labute approximate surface area is 116 Å². The van der Waals surface area contributed by atoms with Crippen molar-refractivity contribution < 1.29 is 4.79 Å². The van der Waals surface area contributed by atoms with E-state index in [9.17, 15) is 4.79 Å². The van der Waals surface area contributed by atoms with Crippen molar-refractivity contribution in [3.8, 4) is 0 Å². The smallest absolute Gasteiger partial charge is 0.225 e. The predicted octanol–water partition coefficient (Wildman–Crippen LogP) is 2.05. The summed E-state index contributed by atoms with van der Waals surface area (Å²) >= 11 is 0. The molecule has 4 heteroatoms. The third-order valence-electron chi connectivity index (χ3n) is 4.69. The van der Waals surface area contributed by atoms with E-state index in [2.05, 4.69) is 17.3 Å². The predicted molar refractivity (Wildman–Crippen MR) is 74.8 cm³/mol. The van der Waals surface area contributed by atoms with E-state index in [1.807, 2.05) is 0 Å². The molecule has 0 aromatic carbocycles. The monoisotopic (exact) mass is 272 g/mol. The van der Waals surface area contributed by atoms with Gasteiger partial charge in [-0.3, -0.25) is 4.79 Å². The second-order valence-electron chi connectivity index (χ2n) is 6.14.